The van der Waals surface area contributed by atoms with Crippen LogP contribution in [0.1, 0.15) is 6.92 Å². The Balaban J connectivity index is 2.65. The van der Waals surface area contributed by atoms with Gasteiger partial charge in [0.15, 0.2) is 11.2 Å². The van der Waals surface area contributed by atoms with Gasteiger partial charge in [-0.15, -0.1) is 0 Å². The fourth-order valence-electron chi connectivity index (χ4n) is 1.22. The first kappa shape index (κ1) is 9.46. The van der Waals surface area contributed by atoms with Crippen molar-refractivity contribution < 1.29 is 4.74 Å². The molecule has 0 aliphatic rings. The lowest BCUT2D eigenvalue weighted by atomic mass is 10.5. The van der Waals surface area contributed by atoms with Gasteiger partial charge in [0.2, 0.25) is 11.8 Å². The summed E-state index contributed by atoms with van der Waals surface area (Å²) in [5.74, 6) is 5.73. The SMILES string of the molecule is CCOc1nc(N)nc2c1ncn2NN. The first-order valence-corrected chi connectivity index (χ1v) is 4.36. The van der Waals surface area contributed by atoms with E-state index in [4.69, 9.17) is 16.3 Å². The summed E-state index contributed by atoms with van der Waals surface area (Å²) in [5.41, 5.74) is 8.92. The van der Waals surface area contributed by atoms with E-state index in [0.717, 1.165) is 0 Å². The number of nitrogens with one attached hydrogen (secondary N) is 1. The highest BCUT2D eigenvalue weighted by Crippen LogP contribution is 2.20. The van der Waals surface area contributed by atoms with E-state index in [1.807, 2.05) is 6.92 Å². The Morgan fingerprint density at radius 3 is 3.00 bits per heavy atom. The first-order chi connectivity index (χ1) is 7.26. The average Bonchev–Trinajstić information content (AvgIpc) is 2.61. The van der Waals surface area contributed by atoms with Crippen molar-refractivity contribution in [1.82, 2.24) is 19.6 Å². The number of nitrogen functional groups attached to an aromatic ring is 2. The predicted molar refractivity (Wildman–Crippen MR) is 54.5 cm³/mol. The van der Waals surface area contributed by atoms with Crippen LogP contribution in [0.15, 0.2) is 6.33 Å². The molecular weight excluding hydrogens is 198 g/mol. The van der Waals surface area contributed by atoms with Crippen molar-refractivity contribution in [3.8, 4) is 5.88 Å². The molecule has 0 bridgehead atoms. The molecule has 2 aromatic rings. The van der Waals surface area contributed by atoms with Gasteiger partial charge in [-0.05, 0) is 6.92 Å². The molecular formula is C7H11N7O. The minimum atomic E-state index is 0.114. The molecule has 0 aliphatic heterocycles. The van der Waals surface area contributed by atoms with Gasteiger partial charge in [-0.25, -0.2) is 15.5 Å². The van der Waals surface area contributed by atoms with Gasteiger partial charge in [0.05, 0.1) is 6.61 Å². The van der Waals surface area contributed by atoms with Crippen LogP contribution in [-0.4, -0.2) is 26.2 Å². The summed E-state index contributed by atoms with van der Waals surface area (Å²) in [5, 5.41) is 0. The van der Waals surface area contributed by atoms with Crippen LogP contribution in [-0.2, 0) is 0 Å². The van der Waals surface area contributed by atoms with E-state index in [2.05, 4.69) is 20.5 Å². The topological polar surface area (TPSA) is 117 Å². The monoisotopic (exact) mass is 209 g/mol. The molecule has 15 heavy (non-hydrogen) atoms. The van der Waals surface area contributed by atoms with Crippen LogP contribution in [0, 0.1) is 0 Å². The van der Waals surface area contributed by atoms with Crippen LogP contribution in [0.25, 0.3) is 11.2 Å². The predicted octanol–water partition coefficient (Wildman–Crippen LogP) is -0.776. The first-order valence-electron chi connectivity index (χ1n) is 4.36. The number of hydrogen-bond donors (Lipinski definition) is 3. The summed E-state index contributed by atoms with van der Waals surface area (Å²) in [4.78, 5) is 12.0. The molecule has 2 aromatic heterocycles. The van der Waals surface area contributed by atoms with Crippen LogP contribution in [0.4, 0.5) is 5.95 Å². The van der Waals surface area contributed by atoms with Gasteiger partial charge in [-0.3, -0.25) is 5.53 Å². The summed E-state index contributed by atoms with van der Waals surface area (Å²) < 4.78 is 6.71. The Bertz CT molecular complexity index is 479. The highest BCUT2D eigenvalue weighted by Gasteiger charge is 2.12. The summed E-state index contributed by atoms with van der Waals surface area (Å²) >= 11 is 0. The fraction of sp³-hybridized carbons (Fsp3) is 0.286. The van der Waals surface area contributed by atoms with Gasteiger partial charge in [-0.2, -0.15) is 9.97 Å². The number of rotatable bonds is 3. The Hall–Kier alpha value is -2.09. The van der Waals surface area contributed by atoms with Gasteiger partial charge in [0.1, 0.15) is 6.33 Å². The third-order valence-corrected chi connectivity index (χ3v) is 1.80. The highest BCUT2D eigenvalue weighted by molar-refractivity contribution is 5.77. The Labute approximate surface area is 85.2 Å². The van der Waals surface area contributed by atoms with Crippen molar-refractivity contribution in [2.75, 3.05) is 17.9 Å². The normalized spacial score (nSPS) is 10.5. The van der Waals surface area contributed by atoms with E-state index < -0.39 is 0 Å². The summed E-state index contributed by atoms with van der Waals surface area (Å²) in [6.45, 7) is 2.33. The van der Waals surface area contributed by atoms with Crippen molar-refractivity contribution >= 4 is 17.1 Å². The Morgan fingerprint density at radius 2 is 2.33 bits per heavy atom. The molecule has 0 saturated carbocycles. The number of ether oxygens (including phenoxy) is 1. The third-order valence-electron chi connectivity index (χ3n) is 1.80. The lowest BCUT2D eigenvalue weighted by Crippen LogP contribution is -2.20. The van der Waals surface area contributed by atoms with Crippen molar-refractivity contribution in [3.05, 3.63) is 6.33 Å². The summed E-state index contributed by atoms with van der Waals surface area (Å²) in [7, 11) is 0. The molecule has 8 nitrogen and oxygen atoms in total. The molecule has 5 N–H and O–H groups in total. The largest absolute Gasteiger partial charge is 0.476 e. The summed E-state index contributed by atoms with van der Waals surface area (Å²) in [6.07, 6.45) is 1.47. The van der Waals surface area contributed by atoms with E-state index in [-0.39, 0.29) is 5.95 Å². The molecule has 2 rings (SSSR count). The van der Waals surface area contributed by atoms with Crippen molar-refractivity contribution in [1.29, 1.82) is 0 Å². The van der Waals surface area contributed by atoms with Gasteiger partial charge in [0.25, 0.3) is 0 Å². The van der Waals surface area contributed by atoms with Gasteiger partial charge < -0.3 is 10.5 Å². The standard InChI is InChI=1S/C7H11N7O/c1-2-15-6-4-5(11-7(8)12-6)14(13-9)3-10-4/h3,13H,2,9H2,1H3,(H2,8,11,12). The van der Waals surface area contributed by atoms with Crippen LogP contribution < -0.4 is 21.8 Å². The second kappa shape index (κ2) is 3.58. The van der Waals surface area contributed by atoms with Crippen molar-refractivity contribution in [3.63, 3.8) is 0 Å². The number of nitrogens with two attached hydrogens (primary N) is 2. The number of hydrogen-bond acceptors (Lipinski definition) is 7. The van der Waals surface area contributed by atoms with Crippen molar-refractivity contribution in [2.45, 2.75) is 6.92 Å². The molecule has 8 heteroatoms. The zero-order valence-corrected chi connectivity index (χ0v) is 8.14. The minimum absolute atomic E-state index is 0.114. The minimum Gasteiger partial charge on any atom is -0.476 e. The third kappa shape index (κ3) is 1.50. The molecule has 0 spiro atoms. The number of imidazole rings is 1. The maximum Gasteiger partial charge on any atom is 0.247 e. The smallest absolute Gasteiger partial charge is 0.247 e. The molecule has 0 aromatic carbocycles. The van der Waals surface area contributed by atoms with Crippen LogP contribution in [0.3, 0.4) is 0 Å². The van der Waals surface area contributed by atoms with Crippen molar-refractivity contribution in [2.24, 2.45) is 5.84 Å². The number of aromatic nitrogens is 4. The van der Waals surface area contributed by atoms with Gasteiger partial charge >= 0.3 is 0 Å². The van der Waals surface area contributed by atoms with E-state index in [1.165, 1.54) is 11.0 Å². The highest BCUT2D eigenvalue weighted by atomic mass is 16.5. The zero-order valence-electron chi connectivity index (χ0n) is 8.14. The van der Waals surface area contributed by atoms with Gasteiger partial charge in [-0.1, -0.05) is 0 Å². The lowest BCUT2D eigenvalue weighted by molar-refractivity contribution is 0.331. The van der Waals surface area contributed by atoms with Crippen LogP contribution in [0.5, 0.6) is 5.88 Å². The number of fused-ring (bicyclic) bond motifs is 1. The molecule has 0 radical (unpaired) electrons. The summed E-state index contributed by atoms with van der Waals surface area (Å²) in [6, 6.07) is 0. The molecule has 0 unspecified atom stereocenters. The molecule has 0 amide bonds. The van der Waals surface area contributed by atoms with E-state index in [9.17, 15) is 0 Å². The maximum absolute atomic E-state index is 5.53. The number of hydrazine groups is 1. The molecule has 2 heterocycles. The number of nitrogens with zero attached hydrogens (tertiary/aromatic N) is 4. The van der Waals surface area contributed by atoms with Crippen LogP contribution >= 0.6 is 0 Å². The molecule has 0 atom stereocenters. The average molecular weight is 209 g/mol. The van der Waals surface area contributed by atoms with E-state index in [0.29, 0.717) is 23.7 Å². The quantitative estimate of drug-likeness (QED) is 0.448. The van der Waals surface area contributed by atoms with Crippen LogP contribution in [0.2, 0.25) is 0 Å². The zero-order chi connectivity index (χ0) is 10.8. The fourth-order valence-corrected chi connectivity index (χ4v) is 1.22. The lowest BCUT2D eigenvalue weighted by Gasteiger charge is -2.04. The Morgan fingerprint density at radius 1 is 1.53 bits per heavy atom. The molecule has 0 saturated heterocycles. The van der Waals surface area contributed by atoms with E-state index in [1.54, 1.807) is 0 Å². The second-order valence-corrected chi connectivity index (χ2v) is 2.74. The second-order valence-electron chi connectivity index (χ2n) is 2.74. The molecule has 0 fully saturated rings. The number of anilines is 1. The van der Waals surface area contributed by atoms with Gasteiger partial charge in [0, 0.05) is 0 Å². The molecule has 80 valence electrons. The maximum atomic E-state index is 5.53. The molecule has 0 aliphatic carbocycles. The van der Waals surface area contributed by atoms with E-state index >= 15 is 0 Å². The Kier molecular flexibility index (Phi) is 2.26.